The first-order valence-corrected chi connectivity index (χ1v) is 8.25. The fourth-order valence-electron chi connectivity index (χ4n) is 1.72. The third kappa shape index (κ3) is 4.27. The van der Waals surface area contributed by atoms with Gasteiger partial charge in [-0.1, -0.05) is 30.1 Å². The number of thiophene rings is 1. The van der Waals surface area contributed by atoms with Gasteiger partial charge in [0.15, 0.2) is 0 Å². The number of pyridine rings is 1. The number of hydrogen-bond acceptors (Lipinski definition) is 4. The molecule has 0 spiro atoms. The van der Waals surface area contributed by atoms with Gasteiger partial charge in [-0.3, -0.25) is 0 Å². The van der Waals surface area contributed by atoms with Gasteiger partial charge in [0.05, 0.1) is 10.0 Å². The second-order valence-electron chi connectivity index (χ2n) is 4.38. The number of aromatic nitrogens is 1. The first kappa shape index (κ1) is 15.4. The van der Waals surface area contributed by atoms with E-state index in [0.29, 0.717) is 21.7 Å². The van der Waals surface area contributed by atoms with Crippen molar-refractivity contribution in [1.29, 1.82) is 0 Å². The molecule has 2 rings (SSSR count). The lowest BCUT2D eigenvalue weighted by molar-refractivity contribution is 0.965. The molecule has 0 amide bonds. The number of rotatable bonds is 7. The topological polar surface area (TPSA) is 37.0 Å². The van der Waals surface area contributed by atoms with Crippen LogP contribution in [-0.2, 0) is 6.42 Å². The van der Waals surface area contributed by atoms with Gasteiger partial charge in [0.25, 0.3) is 0 Å². The Morgan fingerprint density at radius 1 is 1.15 bits per heavy atom. The van der Waals surface area contributed by atoms with Crippen LogP contribution in [0, 0.1) is 0 Å². The minimum Gasteiger partial charge on any atom is -0.369 e. The first-order chi connectivity index (χ1) is 9.70. The lowest BCUT2D eigenvalue weighted by Gasteiger charge is -2.12. The van der Waals surface area contributed by atoms with Gasteiger partial charge in [0.1, 0.15) is 11.6 Å². The van der Waals surface area contributed by atoms with Crippen molar-refractivity contribution < 1.29 is 0 Å². The van der Waals surface area contributed by atoms with Crippen molar-refractivity contribution in [2.24, 2.45) is 0 Å². The van der Waals surface area contributed by atoms with E-state index in [-0.39, 0.29) is 0 Å². The summed E-state index contributed by atoms with van der Waals surface area (Å²) in [6.45, 7) is 3.72. The van der Waals surface area contributed by atoms with E-state index in [0.717, 1.165) is 25.9 Å². The van der Waals surface area contributed by atoms with Crippen LogP contribution >= 0.6 is 34.5 Å². The number of nitrogens with zero attached hydrogens (tertiary/aromatic N) is 1. The van der Waals surface area contributed by atoms with E-state index < -0.39 is 0 Å². The van der Waals surface area contributed by atoms with E-state index in [2.05, 4.69) is 39.4 Å². The van der Waals surface area contributed by atoms with Crippen LogP contribution in [0.15, 0.2) is 22.9 Å². The highest BCUT2D eigenvalue weighted by atomic mass is 35.5. The van der Waals surface area contributed by atoms with Crippen molar-refractivity contribution in [3.05, 3.63) is 38.5 Å². The summed E-state index contributed by atoms with van der Waals surface area (Å²) in [5, 5.41) is 11.8. The van der Waals surface area contributed by atoms with Crippen molar-refractivity contribution in [3.8, 4) is 0 Å². The highest BCUT2D eigenvalue weighted by molar-refractivity contribution is 7.07. The predicted octanol–water partition coefficient (Wildman–Crippen LogP) is 4.93. The predicted molar refractivity (Wildman–Crippen MR) is 89.6 cm³/mol. The van der Waals surface area contributed by atoms with E-state index in [1.807, 2.05) is 0 Å². The maximum Gasteiger partial charge on any atom is 0.147 e. The molecule has 108 valence electrons. The molecular formula is C14H17Cl2N3S. The third-order valence-corrected chi connectivity index (χ3v) is 4.07. The summed E-state index contributed by atoms with van der Waals surface area (Å²) in [5.41, 5.74) is 1.32. The number of anilines is 2. The number of halogens is 2. The minimum absolute atomic E-state index is 0.544. The molecule has 0 bridgehead atoms. The molecule has 0 aliphatic heterocycles. The summed E-state index contributed by atoms with van der Waals surface area (Å²) in [5.74, 6) is 1.35. The average Bonchev–Trinajstić information content (AvgIpc) is 2.93. The largest absolute Gasteiger partial charge is 0.369 e. The Morgan fingerprint density at radius 3 is 2.45 bits per heavy atom. The van der Waals surface area contributed by atoms with Crippen LogP contribution in [0.3, 0.4) is 0 Å². The smallest absolute Gasteiger partial charge is 0.147 e. The van der Waals surface area contributed by atoms with Crippen molar-refractivity contribution in [2.45, 2.75) is 19.8 Å². The van der Waals surface area contributed by atoms with Crippen molar-refractivity contribution in [2.75, 3.05) is 23.7 Å². The Morgan fingerprint density at radius 2 is 1.85 bits per heavy atom. The first-order valence-electron chi connectivity index (χ1n) is 6.55. The second kappa shape index (κ2) is 7.72. The van der Waals surface area contributed by atoms with Crippen molar-refractivity contribution in [3.63, 3.8) is 0 Å². The van der Waals surface area contributed by atoms with Crippen LogP contribution in [0.2, 0.25) is 10.0 Å². The van der Waals surface area contributed by atoms with Gasteiger partial charge in [-0.25, -0.2) is 4.98 Å². The fourth-order valence-corrected chi connectivity index (χ4v) is 2.91. The number of nitrogens with one attached hydrogen (secondary N) is 2. The molecule has 6 heteroatoms. The average molecular weight is 330 g/mol. The van der Waals surface area contributed by atoms with E-state index in [9.17, 15) is 0 Å². The molecule has 0 aliphatic rings. The van der Waals surface area contributed by atoms with E-state index in [4.69, 9.17) is 23.2 Å². The fraction of sp³-hybridized carbons (Fsp3) is 0.357. The van der Waals surface area contributed by atoms with Crippen LogP contribution < -0.4 is 10.6 Å². The molecular weight excluding hydrogens is 313 g/mol. The van der Waals surface area contributed by atoms with Crippen molar-refractivity contribution >= 4 is 46.2 Å². The molecule has 0 atom stereocenters. The molecule has 2 heterocycles. The summed E-state index contributed by atoms with van der Waals surface area (Å²) >= 11 is 14.0. The molecule has 0 saturated heterocycles. The third-order valence-electron chi connectivity index (χ3n) is 2.76. The molecule has 20 heavy (non-hydrogen) atoms. The molecule has 0 aromatic carbocycles. The van der Waals surface area contributed by atoms with Gasteiger partial charge >= 0.3 is 0 Å². The molecule has 0 radical (unpaired) electrons. The minimum atomic E-state index is 0.544. The van der Waals surface area contributed by atoms with Gasteiger partial charge in [0.2, 0.25) is 0 Å². The maximum absolute atomic E-state index is 6.16. The molecule has 2 aromatic heterocycles. The van der Waals surface area contributed by atoms with Crippen LogP contribution in [0.25, 0.3) is 0 Å². The summed E-state index contributed by atoms with van der Waals surface area (Å²) in [6, 6.07) is 3.85. The van der Waals surface area contributed by atoms with Crippen LogP contribution in [0.5, 0.6) is 0 Å². The highest BCUT2D eigenvalue weighted by Gasteiger charge is 2.08. The quantitative estimate of drug-likeness (QED) is 0.756. The Bertz CT molecular complexity index is 544. The Balaban J connectivity index is 1.99. The summed E-state index contributed by atoms with van der Waals surface area (Å²) in [7, 11) is 0. The van der Waals surface area contributed by atoms with Crippen LogP contribution in [0.1, 0.15) is 18.9 Å². The molecule has 0 saturated carbocycles. The second-order valence-corrected chi connectivity index (χ2v) is 5.98. The molecule has 0 aliphatic carbocycles. The lowest BCUT2D eigenvalue weighted by atomic mass is 10.2. The van der Waals surface area contributed by atoms with Crippen molar-refractivity contribution in [1.82, 2.24) is 4.98 Å². The van der Waals surface area contributed by atoms with Crippen LogP contribution in [0.4, 0.5) is 11.6 Å². The van der Waals surface area contributed by atoms with Gasteiger partial charge in [-0.2, -0.15) is 11.3 Å². The van der Waals surface area contributed by atoms with Gasteiger partial charge in [-0.15, -0.1) is 0 Å². The van der Waals surface area contributed by atoms with E-state index >= 15 is 0 Å². The SMILES string of the molecule is CCCNc1nc(NCCc2ccsc2)c(Cl)cc1Cl. The highest BCUT2D eigenvalue weighted by Crippen LogP contribution is 2.29. The zero-order chi connectivity index (χ0) is 14.4. The molecule has 0 unspecified atom stereocenters. The van der Waals surface area contributed by atoms with Gasteiger partial charge in [-0.05, 0) is 41.3 Å². The Labute approximate surface area is 133 Å². The zero-order valence-electron chi connectivity index (χ0n) is 11.2. The van der Waals surface area contributed by atoms with E-state index in [1.165, 1.54) is 5.56 Å². The molecule has 0 fully saturated rings. The molecule has 3 nitrogen and oxygen atoms in total. The summed E-state index contributed by atoms with van der Waals surface area (Å²) in [4.78, 5) is 4.44. The normalized spacial score (nSPS) is 10.6. The Hall–Kier alpha value is -0.970. The standard InChI is InChI=1S/C14H17Cl2N3S/c1-2-5-17-13-11(15)8-12(16)14(19-13)18-6-3-10-4-7-20-9-10/h4,7-9H,2-3,5-6H2,1H3,(H2,17,18,19). The molecule has 2 aromatic rings. The van der Waals surface area contributed by atoms with E-state index in [1.54, 1.807) is 17.4 Å². The molecule has 2 N–H and O–H groups in total. The summed E-state index contributed by atoms with van der Waals surface area (Å²) < 4.78 is 0. The number of hydrogen-bond donors (Lipinski definition) is 2. The van der Waals surface area contributed by atoms with Gasteiger partial charge in [0, 0.05) is 13.1 Å². The summed E-state index contributed by atoms with van der Waals surface area (Å²) in [6.07, 6.45) is 1.96. The Kier molecular flexibility index (Phi) is 5.95. The van der Waals surface area contributed by atoms with Crippen LogP contribution in [-0.4, -0.2) is 18.1 Å². The maximum atomic E-state index is 6.16. The zero-order valence-corrected chi connectivity index (χ0v) is 13.6. The lowest BCUT2D eigenvalue weighted by Crippen LogP contribution is -2.09. The monoisotopic (exact) mass is 329 g/mol. The van der Waals surface area contributed by atoms with Gasteiger partial charge < -0.3 is 10.6 Å².